The number of amides is 2. The zero-order chi connectivity index (χ0) is 12.0. The first kappa shape index (κ1) is 12.0. The number of aromatic nitrogens is 3. The summed E-state index contributed by atoms with van der Waals surface area (Å²) in [4.78, 5) is 23.9. The fourth-order valence-corrected chi connectivity index (χ4v) is 0.920. The maximum absolute atomic E-state index is 11.5. The van der Waals surface area contributed by atoms with Gasteiger partial charge >= 0.3 is 12.2 Å². The molecule has 2 amide bonds. The molecule has 1 heterocycles. The van der Waals surface area contributed by atoms with Gasteiger partial charge in [0.15, 0.2) is 0 Å². The van der Waals surface area contributed by atoms with Crippen LogP contribution in [-0.4, -0.2) is 40.5 Å². The number of carbonyl (C=O) groups is 2. The molecule has 0 spiro atoms. The lowest BCUT2D eigenvalue weighted by molar-refractivity contribution is 0.129. The summed E-state index contributed by atoms with van der Waals surface area (Å²) in [6.07, 6.45) is 0.914. The minimum Gasteiger partial charge on any atom is -0.448 e. The zero-order valence-corrected chi connectivity index (χ0v) is 8.99. The average Bonchev–Trinajstić information content (AvgIpc) is 2.72. The highest BCUT2D eigenvalue weighted by atomic mass is 16.6. The van der Waals surface area contributed by atoms with Crippen LogP contribution in [0.3, 0.4) is 0 Å². The topological polar surface area (TPSA) is 86.5 Å². The van der Waals surface area contributed by atoms with E-state index < -0.39 is 12.2 Å². The Balaban J connectivity index is 2.85. The van der Waals surface area contributed by atoms with Crippen molar-refractivity contribution < 1.29 is 19.1 Å². The van der Waals surface area contributed by atoms with Gasteiger partial charge < -0.3 is 9.47 Å². The highest BCUT2D eigenvalue weighted by Gasteiger charge is 2.26. The van der Waals surface area contributed by atoms with Crippen molar-refractivity contribution >= 4 is 12.2 Å². The van der Waals surface area contributed by atoms with E-state index in [9.17, 15) is 9.59 Å². The maximum Gasteiger partial charge on any atom is 0.440 e. The van der Waals surface area contributed by atoms with Crippen LogP contribution in [0, 0.1) is 0 Å². The van der Waals surface area contributed by atoms with Gasteiger partial charge in [-0.3, -0.25) is 0 Å². The van der Waals surface area contributed by atoms with E-state index in [1.165, 1.54) is 12.4 Å². The van der Waals surface area contributed by atoms with Crippen molar-refractivity contribution in [3.05, 3.63) is 12.4 Å². The molecule has 1 aromatic rings. The summed E-state index contributed by atoms with van der Waals surface area (Å²) in [5.41, 5.74) is 0. The zero-order valence-electron chi connectivity index (χ0n) is 8.99. The summed E-state index contributed by atoms with van der Waals surface area (Å²) < 4.78 is 9.39. The van der Waals surface area contributed by atoms with Gasteiger partial charge in [0.25, 0.3) is 0 Å². The molecule has 0 fully saturated rings. The van der Waals surface area contributed by atoms with Crippen LogP contribution >= 0.6 is 0 Å². The SMILES string of the molecule is CCOC(=O)N(C(=O)OCC)n1ccnn1. The summed E-state index contributed by atoms with van der Waals surface area (Å²) >= 11 is 0. The quantitative estimate of drug-likeness (QED) is 0.749. The van der Waals surface area contributed by atoms with Crippen LogP contribution in [-0.2, 0) is 9.47 Å². The van der Waals surface area contributed by atoms with Gasteiger partial charge in [-0.2, -0.15) is 0 Å². The Morgan fingerprint density at radius 1 is 1.25 bits per heavy atom. The Bertz CT molecular complexity index is 333. The summed E-state index contributed by atoms with van der Waals surface area (Å²) in [6, 6.07) is 0. The van der Waals surface area contributed by atoms with Crippen LogP contribution in [0.1, 0.15) is 13.8 Å². The van der Waals surface area contributed by atoms with Crippen molar-refractivity contribution in [3.8, 4) is 0 Å². The van der Waals surface area contributed by atoms with Gasteiger partial charge in [0.1, 0.15) is 0 Å². The van der Waals surface area contributed by atoms with Crippen molar-refractivity contribution in [2.45, 2.75) is 13.8 Å². The first-order valence-electron chi connectivity index (χ1n) is 4.71. The maximum atomic E-state index is 11.5. The van der Waals surface area contributed by atoms with Crippen molar-refractivity contribution in [1.29, 1.82) is 0 Å². The minimum atomic E-state index is -0.869. The van der Waals surface area contributed by atoms with Gasteiger partial charge in [-0.15, -0.1) is 9.89 Å². The lowest BCUT2D eigenvalue weighted by Crippen LogP contribution is -2.46. The van der Waals surface area contributed by atoms with Crippen molar-refractivity contribution in [1.82, 2.24) is 15.1 Å². The van der Waals surface area contributed by atoms with Crippen molar-refractivity contribution in [2.75, 3.05) is 18.2 Å². The van der Waals surface area contributed by atoms with Crippen LogP contribution in [0.25, 0.3) is 0 Å². The largest absolute Gasteiger partial charge is 0.448 e. The predicted octanol–water partition coefficient (Wildman–Crippen LogP) is 0.529. The second-order valence-electron chi connectivity index (χ2n) is 2.53. The summed E-state index contributed by atoms with van der Waals surface area (Å²) in [5.74, 6) is 0. The third-order valence-electron chi connectivity index (χ3n) is 1.50. The van der Waals surface area contributed by atoms with Crippen molar-refractivity contribution in [2.24, 2.45) is 0 Å². The highest BCUT2D eigenvalue weighted by Crippen LogP contribution is 1.97. The van der Waals surface area contributed by atoms with E-state index in [1.807, 2.05) is 0 Å². The predicted molar refractivity (Wildman–Crippen MR) is 52.3 cm³/mol. The van der Waals surface area contributed by atoms with E-state index in [1.54, 1.807) is 13.8 Å². The fourth-order valence-electron chi connectivity index (χ4n) is 0.920. The Labute approximate surface area is 91.7 Å². The van der Waals surface area contributed by atoms with E-state index in [-0.39, 0.29) is 13.2 Å². The fraction of sp³-hybridized carbons (Fsp3) is 0.500. The lowest BCUT2D eigenvalue weighted by Gasteiger charge is -2.17. The Hall–Kier alpha value is -2.12. The van der Waals surface area contributed by atoms with Crippen LogP contribution < -0.4 is 5.01 Å². The standard InChI is InChI=1S/C8H12N4O4/c1-3-15-7(13)12(8(14)16-4-2)11-6-5-9-10-11/h5-6H,3-4H2,1-2H3. The molecule has 0 aliphatic rings. The molecule has 0 radical (unpaired) electrons. The number of ether oxygens (including phenoxy) is 2. The van der Waals surface area contributed by atoms with Gasteiger partial charge in [-0.1, -0.05) is 5.01 Å². The lowest BCUT2D eigenvalue weighted by atomic mass is 10.8. The minimum absolute atomic E-state index is 0.142. The summed E-state index contributed by atoms with van der Waals surface area (Å²) in [5, 5.41) is 7.61. The molecule has 1 aromatic heterocycles. The van der Waals surface area contributed by atoms with Crippen LogP contribution in [0.5, 0.6) is 0 Å². The van der Waals surface area contributed by atoms with Crippen LogP contribution in [0.4, 0.5) is 9.59 Å². The number of hydrogen-bond acceptors (Lipinski definition) is 6. The molecule has 0 saturated heterocycles. The molecule has 0 aromatic carbocycles. The molecular formula is C8H12N4O4. The molecule has 0 aliphatic heterocycles. The average molecular weight is 228 g/mol. The summed E-state index contributed by atoms with van der Waals surface area (Å²) in [7, 11) is 0. The Morgan fingerprint density at radius 2 is 1.81 bits per heavy atom. The summed E-state index contributed by atoms with van der Waals surface area (Å²) in [6.45, 7) is 3.54. The second-order valence-corrected chi connectivity index (χ2v) is 2.53. The molecule has 0 unspecified atom stereocenters. The molecule has 0 N–H and O–H groups in total. The molecule has 8 heteroatoms. The Morgan fingerprint density at radius 3 is 2.19 bits per heavy atom. The van der Waals surface area contributed by atoms with Gasteiger partial charge in [-0.05, 0) is 19.1 Å². The molecule has 0 aliphatic carbocycles. The van der Waals surface area contributed by atoms with Gasteiger partial charge in [0, 0.05) is 0 Å². The van der Waals surface area contributed by atoms with E-state index in [0.29, 0.717) is 5.01 Å². The highest BCUT2D eigenvalue weighted by molar-refractivity contribution is 6.01. The number of hydrogen-bond donors (Lipinski definition) is 0. The molecule has 16 heavy (non-hydrogen) atoms. The molecule has 0 saturated carbocycles. The first-order chi connectivity index (χ1) is 7.70. The third kappa shape index (κ3) is 2.69. The molecule has 88 valence electrons. The second kappa shape index (κ2) is 5.69. The van der Waals surface area contributed by atoms with E-state index in [0.717, 1.165) is 4.79 Å². The normalized spacial score (nSPS) is 9.62. The van der Waals surface area contributed by atoms with E-state index >= 15 is 0 Å². The van der Waals surface area contributed by atoms with Gasteiger partial charge in [0.2, 0.25) is 0 Å². The third-order valence-corrected chi connectivity index (χ3v) is 1.50. The molecular weight excluding hydrogens is 216 g/mol. The van der Waals surface area contributed by atoms with Gasteiger partial charge in [0.05, 0.1) is 25.6 Å². The van der Waals surface area contributed by atoms with E-state index in [4.69, 9.17) is 9.47 Å². The first-order valence-corrected chi connectivity index (χ1v) is 4.71. The number of nitrogens with zero attached hydrogens (tertiary/aromatic N) is 4. The monoisotopic (exact) mass is 228 g/mol. The Kier molecular flexibility index (Phi) is 4.25. The number of carbonyl (C=O) groups excluding carboxylic acids is 2. The van der Waals surface area contributed by atoms with Gasteiger partial charge in [-0.25, -0.2) is 9.59 Å². The van der Waals surface area contributed by atoms with Crippen molar-refractivity contribution in [3.63, 3.8) is 0 Å². The molecule has 0 bridgehead atoms. The van der Waals surface area contributed by atoms with E-state index in [2.05, 4.69) is 10.3 Å². The molecule has 8 nitrogen and oxygen atoms in total. The van der Waals surface area contributed by atoms with Crippen LogP contribution in [0.15, 0.2) is 12.4 Å². The number of rotatable bonds is 3. The smallest absolute Gasteiger partial charge is 0.440 e. The molecule has 0 atom stereocenters. The molecule has 1 rings (SSSR count). The van der Waals surface area contributed by atoms with Crippen LogP contribution in [0.2, 0.25) is 0 Å². The number of imide groups is 1.